The molecule has 2 heterocycles. The molecule has 0 aliphatic carbocycles. The van der Waals surface area contributed by atoms with Crippen molar-refractivity contribution in [3.05, 3.63) is 48.4 Å². The first-order chi connectivity index (χ1) is 9.28. The molecule has 19 heavy (non-hydrogen) atoms. The molecule has 0 bridgehead atoms. The Morgan fingerprint density at radius 1 is 1.05 bits per heavy atom. The van der Waals surface area contributed by atoms with Crippen LogP contribution in [0.4, 0.5) is 0 Å². The smallest absolute Gasteiger partial charge is 0.121 e. The second-order valence-electron chi connectivity index (χ2n) is 4.31. The summed E-state index contributed by atoms with van der Waals surface area (Å²) in [4.78, 5) is 12.7. The predicted octanol–water partition coefficient (Wildman–Crippen LogP) is 3.01. The SMILES string of the molecule is COc1ccc(-c2ccc3ncncc3n2)cc1C. The number of aryl methyl sites for hydroxylation is 1. The lowest BCUT2D eigenvalue weighted by Crippen LogP contribution is -1.91. The van der Waals surface area contributed by atoms with Crippen LogP contribution in [0, 0.1) is 6.92 Å². The van der Waals surface area contributed by atoms with Crippen molar-refractivity contribution in [2.24, 2.45) is 0 Å². The van der Waals surface area contributed by atoms with Crippen LogP contribution in [0.1, 0.15) is 5.56 Å². The van der Waals surface area contributed by atoms with Crippen molar-refractivity contribution in [1.29, 1.82) is 0 Å². The van der Waals surface area contributed by atoms with Crippen LogP contribution < -0.4 is 4.74 Å². The molecule has 94 valence electrons. The molecule has 0 saturated carbocycles. The van der Waals surface area contributed by atoms with E-state index in [-0.39, 0.29) is 0 Å². The Labute approximate surface area is 111 Å². The van der Waals surface area contributed by atoms with Gasteiger partial charge in [-0.25, -0.2) is 15.0 Å². The van der Waals surface area contributed by atoms with Gasteiger partial charge in [0.25, 0.3) is 0 Å². The fraction of sp³-hybridized carbons (Fsp3) is 0.133. The number of aromatic nitrogens is 3. The van der Waals surface area contributed by atoms with Gasteiger partial charge in [-0.15, -0.1) is 0 Å². The highest BCUT2D eigenvalue weighted by atomic mass is 16.5. The third kappa shape index (κ3) is 2.12. The van der Waals surface area contributed by atoms with E-state index < -0.39 is 0 Å². The highest BCUT2D eigenvalue weighted by Gasteiger charge is 2.05. The Kier molecular flexibility index (Phi) is 2.83. The zero-order valence-corrected chi connectivity index (χ0v) is 10.8. The van der Waals surface area contributed by atoms with Crippen LogP contribution in [0.5, 0.6) is 5.75 Å². The summed E-state index contributed by atoms with van der Waals surface area (Å²) in [6.07, 6.45) is 3.25. The summed E-state index contributed by atoms with van der Waals surface area (Å²) in [5.74, 6) is 0.882. The van der Waals surface area contributed by atoms with E-state index in [0.717, 1.165) is 33.6 Å². The van der Waals surface area contributed by atoms with Crippen LogP contribution in [0.15, 0.2) is 42.9 Å². The number of hydrogen-bond acceptors (Lipinski definition) is 4. The summed E-state index contributed by atoms with van der Waals surface area (Å²) in [6.45, 7) is 2.02. The average Bonchev–Trinajstić information content (AvgIpc) is 2.46. The summed E-state index contributed by atoms with van der Waals surface area (Å²) in [6, 6.07) is 9.95. The van der Waals surface area contributed by atoms with Gasteiger partial charge in [-0.1, -0.05) is 0 Å². The number of hydrogen-bond donors (Lipinski definition) is 0. The highest BCUT2D eigenvalue weighted by molar-refractivity contribution is 5.77. The fourth-order valence-electron chi connectivity index (χ4n) is 2.07. The largest absolute Gasteiger partial charge is 0.496 e. The molecule has 3 rings (SSSR count). The standard InChI is InChI=1S/C15H13N3O/c1-10-7-11(3-6-15(10)19-2)12-4-5-13-14(18-12)8-16-9-17-13/h3-9H,1-2H3. The van der Waals surface area contributed by atoms with Crippen LogP contribution in [-0.2, 0) is 0 Å². The summed E-state index contributed by atoms with van der Waals surface area (Å²) >= 11 is 0. The zero-order chi connectivity index (χ0) is 13.2. The Morgan fingerprint density at radius 2 is 1.95 bits per heavy atom. The van der Waals surface area contributed by atoms with Gasteiger partial charge in [0, 0.05) is 5.56 Å². The van der Waals surface area contributed by atoms with E-state index in [1.165, 1.54) is 6.33 Å². The van der Waals surface area contributed by atoms with E-state index in [1.807, 2.05) is 31.2 Å². The molecule has 0 atom stereocenters. The average molecular weight is 251 g/mol. The molecule has 4 heteroatoms. The maximum Gasteiger partial charge on any atom is 0.121 e. The summed E-state index contributed by atoms with van der Waals surface area (Å²) in [7, 11) is 1.67. The Hall–Kier alpha value is -2.49. The minimum Gasteiger partial charge on any atom is -0.496 e. The predicted molar refractivity (Wildman–Crippen MR) is 74.1 cm³/mol. The lowest BCUT2D eigenvalue weighted by molar-refractivity contribution is 0.412. The van der Waals surface area contributed by atoms with Gasteiger partial charge in [0.05, 0.1) is 24.5 Å². The van der Waals surface area contributed by atoms with Gasteiger partial charge in [0.15, 0.2) is 0 Å². The van der Waals surface area contributed by atoms with Gasteiger partial charge >= 0.3 is 0 Å². The number of ether oxygens (including phenoxy) is 1. The second-order valence-corrected chi connectivity index (χ2v) is 4.31. The fourth-order valence-corrected chi connectivity index (χ4v) is 2.07. The van der Waals surface area contributed by atoms with Crippen molar-refractivity contribution in [2.45, 2.75) is 6.92 Å². The number of pyridine rings is 1. The maximum absolute atomic E-state index is 5.27. The number of rotatable bonds is 2. The minimum absolute atomic E-state index is 0.800. The topological polar surface area (TPSA) is 47.9 Å². The van der Waals surface area contributed by atoms with E-state index in [9.17, 15) is 0 Å². The van der Waals surface area contributed by atoms with Crippen molar-refractivity contribution >= 4 is 11.0 Å². The number of nitrogens with zero attached hydrogens (tertiary/aromatic N) is 3. The monoisotopic (exact) mass is 251 g/mol. The molecule has 0 fully saturated rings. The van der Waals surface area contributed by atoms with E-state index in [4.69, 9.17) is 4.74 Å². The van der Waals surface area contributed by atoms with Crippen molar-refractivity contribution in [3.8, 4) is 17.0 Å². The normalized spacial score (nSPS) is 10.6. The van der Waals surface area contributed by atoms with E-state index in [0.29, 0.717) is 0 Å². The van der Waals surface area contributed by atoms with Gasteiger partial charge in [-0.2, -0.15) is 0 Å². The second kappa shape index (κ2) is 4.65. The van der Waals surface area contributed by atoms with Gasteiger partial charge in [0.1, 0.15) is 17.6 Å². The number of methoxy groups -OCH3 is 1. The van der Waals surface area contributed by atoms with Gasteiger partial charge in [0.2, 0.25) is 0 Å². The molecule has 0 unspecified atom stereocenters. The lowest BCUT2D eigenvalue weighted by Gasteiger charge is -2.07. The van der Waals surface area contributed by atoms with Crippen molar-refractivity contribution in [1.82, 2.24) is 15.0 Å². The Balaban J connectivity index is 2.11. The first kappa shape index (κ1) is 11.6. The van der Waals surface area contributed by atoms with Gasteiger partial charge < -0.3 is 4.74 Å². The van der Waals surface area contributed by atoms with E-state index in [2.05, 4.69) is 21.0 Å². The van der Waals surface area contributed by atoms with Crippen molar-refractivity contribution < 1.29 is 4.74 Å². The summed E-state index contributed by atoms with van der Waals surface area (Å²) in [5, 5.41) is 0. The molecule has 1 aromatic carbocycles. The van der Waals surface area contributed by atoms with Crippen LogP contribution in [0.3, 0.4) is 0 Å². The molecule has 0 radical (unpaired) electrons. The minimum atomic E-state index is 0.800. The van der Waals surface area contributed by atoms with Crippen LogP contribution in [0.2, 0.25) is 0 Å². The summed E-state index contributed by atoms with van der Waals surface area (Å²) < 4.78 is 5.27. The zero-order valence-electron chi connectivity index (χ0n) is 10.8. The third-order valence-corrected chi connectivity index (χ3v) is 3.05. The van der Waals surface area contributed by atoms with Crippen molar-refractivity contribution in [3.63, 3.8) is 0 Å². The maximum atomic E-state index is 5.27. The number of benzene rings is 1. The van der Waals surface area contributed by atoms with E-state index in [1.54, 1.807) is 13.3 Å². The third-order valence-electron chi connectivity index (χ3n) is 3.05. The Bertz CT molecular complexity index is 740. The molecular formula is C15H13N3O. The van der Waals surface area contributed by atoms with Crippen LogP contribution >= 0.6 is 0 Å². The summed E-state index contributed by atoms with van der Waals surface area (Å²) in [5.41, 5.74) is 4.71. The Morgan fingerprint density at radius 3 is 2.74 bits per heavy atom. The first-order valence-corrected chi connectivity index (χ1v) is 6.00. The molecule has 0 saturated heterocycles. The van der Waals surface area contributed by atoms with Crippen molar-refractivity contribution in [2.75, 3.05) is 7.11 Å². The molecule has 4 nitrogen and oxygen atoms in total. The first-order valence-electron chi connectivity index (χ1n) is 6.00. The molecular weight excluding hydrogens is 238 g/mol. The quantitative estimate of drug-likeness (QED) is 0.702. The van der Waals surface area contributed by atoms with Crippen LogP contribution in [-0.4, -0.2) is 22.1 Å². The lowest BCUT2D eigenvalue weighted by atomic mass is 10.1. The molecule has 3 aromatic rings. The molecule has 0 spiro atoms. The molecule has 0 amide bonds. The number of fused-ring (bicyclic) bond motifs is 1. The van der Waals surface area contributed by atoms with Gasteiger partial charge in [-0.3, -0.25) is 0 Å². The molecule has 2 aromatic heterocycles. The molecule has 0 aliphatic rings. The molecule has 0 N–H and O–H groups in total. The van der Waals surface area contributed by atoms with Crippen LogP contribution in [0.25, 0.3) is 22.3 Å². The van der Waals surface area contributed by atoms with Gasteiger partial charge in [-0.05, 0) is 42.8 Å². The molecule has 0 aliphatic heterocycles. The van der Waals surface area contributed by atoms with E-state index >= 15 is 0 Å². The highest BCUT2D eigenvalue weighted by Crippen LogP contribution is 2.25.